The first kappa shape index (κ1) is 23.2. The summed E-state index contributed by atoms with van der Waals surface area (Å²) < 4.78 is 0. The van der Waals surface area contributed by atoms with Crippen LogP contribution in [0.4, 0.5) is 0 Å². The molecule has 0 radical (unpaired) electrons. The minimum absolute atomic E-state index is 0.682. The van der Waals surface area contributed by atoms with Gasteiger partial charge in [-0.05, 0) is 0 Å². The molecular weight excluding hydrogens is 492 g/mol. The number of hydrogen-bond acceptors (Lipinski definition) is 12. The van der Waals surface area contributed by atoms with E-state index in [2.05, 4.69) is 30.1 Å². The highest BCUT2D eigenvalue weighted by Crippen LogP contribution is 2.36. The number of nitrogens with zero attached hydrogens (tertiary/aromatic N) is 6. The molecule has 1 aromatic carbocycles. The Morgan fingerprint density at radius 1 is 0.417 bits per heavy atom. The van der Waals surface area contributed by atoms with Crippen LogP contribution >= 0.6 is 0 Å². The number of carbonyl (C=O) groups is 6. The first-order chi connectivity index (χ1) is 16.8. The van der Waals surface area contributed by atoms with Crippen LogP contribution in [-0.4, -0.2) is 96.6 Å². The van der Waals surface area contributed by atoms with Gasteiger partial charge in [0.1, 0.15) is 22.1 Å². The molecule has 18 nitrogen and oxygen atoms in total. The minimum atomic E-state index is -1.94. The summed E-state index contributed by atoms with van der Waals surface area (Å²) in [5.41, 5.74) is -8.58. The Balaban J connectivity index is 2.51. The van der Waals surface area contributed by atoms with Crippen LogP contribution in [0, 0.1) is 0 Å². The summed E-state index contributed by atoms with van der Waals surface area (Å²) in [5.74, 6) is -12.5. The normalized spacial score (nSPS) is 11.0. The molecule has 0 fully saturated rings. The predicted octanol–water partition coefficient (Wildman–Crippen LogP) is -0.295. The van der Waals surface area contributed by atoms with Crippen molar-refractivity contribution in [2.75, 3.05) is 0 Å². The van der Waals surface area contributed by atoms with E-state index in [4.69, 9.17) is 0 Å². The zero-order chi connectivity index (χ0) is 26.6. The van der Waals surface area contributed by atoms with Crippen molar-refractivity contribution < 1.29 is 59.4 Å². The highest BCUT2D eigenvalue weighted by atomic mass is 16.4. The van der Waals surface area contributed by atoms with Crippen molar-refractivity contribution >= 4 is 68.7 Å². The zero-order valence-electron chi connectivity index (χ0n) is 16.8. The summed E-state index contributed by atoms with van der Waals surface area (Å²) in [4.78, 5) is 84.8. The maximum atomic E-state index is 12.1. The molecule has 3 heterocycles. The van der Waals surface area contributed by atoms with Gasteiger partial charge in [0, 0.05) is 5.39 Å². The molecule has 6 N–H and O–H groups in total. The molecule has 18 heteroatoms. The molecule has 4 rings (SSSR count). The maximum absolute atomic E-state index is 12.1. The van der Waals surface area contributed by atoms with Gasteiger partial charge in [-0.3, -0.25) is 0 Å². The van der Waals surface area contributed by atoms with Crippen LogP contribution in [0.5, 0.6) is 0 Å². The summed E-state index contributed by atoms with van der Waals surface area (Å²) in [6, 6.07) is 0. The fourth-order valence-electron chi connectivity index (χ4n) is 3.38. The standard InChI is InChI=1S/C18H6N6O12/c25-13(26)2-1-4-3(7(14(27)28)22-12(21-4)18(35)36)5-9(6(1)23-24-8(2)15(29)30)20-11(17(33)34)10(19-5)16(31)32/h(H,25,26)(H,27,28)(H,29,30)(H,31,32)(H,33,34)(H,35,36). The quantitative estimate of drug-likeness (QED) is 0.186. The number of fused-ring (bicyclic) bond motifs is 6. The topological polar surface area (TPSA) is 301 Å². The van der Waals surface area contributed by atoms with Crippen molar-refractivity contribution in [3.63, 3.8) is 0 Å². The third-order valence-electron chi connectivity index (χ3n) is 4.69. The smallest absolute Gasteiger partial charge is 0.373 e. The fraction of sp³-hybridized carbons (Fsp3) is 0. The third kappa shape index (κ3) is 3.29. The van der Waals surface area contributed by atoms with Gasteiger partial charge in [0.2, 0.25) is 5.82 Å². The fourth-order valence-corrected chi connectivity index (χ4v) is 3.38. The van der Waals surface area contributed by atoms with Gasteiger partial charge in [0.05, 0.1) is 10.9 Å². The molecule has 0 amide bonds. The number of carboxylic acids is 6. The highest BCUT2D eigenvalue weighted by Gasteiger charge is 2.32. The summed E-state index contributed by atoms with van der Waals surface area (Å²) in [7, 11) is 0. The van der Waals surface area contributed by atoms with E-state index < -0.39 is 103 Å². The van der Waals surface area contributed by atoms with Crippen molar-refractivity contribution in [1.29, 1.82) is 0 Å². The second-order valence-electron chi connectivity index (χ2n) is 6.72. The van der Waals surface area contributed by atoms with Crippen LogP contribution in [0.3, 0.4) is 0 Å². The molecule has 0 spiro atoms. The summed E-state index contributed by atoms with van der Waals surface area (Å²) in [5, 5.41) is 62.3. The third-order valence-corrected chi connectivity index (χ3v) is 4.69. The number of aromatic carboxylic acids is 6. The summed E-state index contributed by atoms with van der Waals surface area (Å²) in [6.45, 7) is 0. The second-order valence-corrected chi connectivity index (χ2v) is 6.72. The molecular formula is C18H6N6O12. The van der Waals surface area contributed by atoms with Gasteiger partial charge in [-0.2, -0.15) is 0 Å². The van der Waals surface area contributed by atoms with E-state index in [1.54, 1.807) is 0 Å². The van der Waals surface area contributed by atoms with Crippen LogP contribution in [0.25, 0.3) is 32.8 Å². The SMILES string of the molecule is O=C(O)c1nc(C(=O)O)c2c3nc(C(=O)O)c(C(=O)O)nc3c3nnc(C(=O)O)c(C(=O)O)c3c2n1. The molecule has 0 aliphatic heterocycles. The molecule has 180 valence electrons. The van der Waals surface area contributed by atoms with Crippen LogP contribution in [0.2, 0.25) is 0 Å². The average Bonchev–Trinajstić information content (AvgIpc) is 2.81. The van der Waals surface area contributed by atoms with Gasteiger partial charge in [0.25, 0.3) is 0 Å². The van der Waals surface area contributed by atoms with E-state index in [9.17, 15) is 59.4 Å². The van der Waals surface area contributed by atoms with Gasteiger partial charge in [-0.15, -0.1) is 10.2 Å². The number of benzene rings is 1. The van der Waals surface area contributed by atoms with E-state index in [1.807, 2.05) is 0 Å². The first-order valence-corrected chi connectivity index (χ1v) is 9.00. The highest BCUT2D eigenvalue weighted by molar-refractivity contribution is 6.29. The van der Waals surface area contributed by atoms with Crippen LogP contribution in [0.15, 0.2) is 0 Å². The monoisotopic (exact) mass is 498 g/mol. The number of aromatic nitrogens is 6. The Kier molecular flexibility index (Phi) is 5.05. The van der Waals surface area contributed by atoms with Crippen molar-refractivity contribution in [3.05, 3.63) is 34.2 Å². The number of carboxylic acid groups (broad SMARTS) is 6. The van der Waals surface area contributed by atoms with Crippen molar-refractivity contribution in [2.45, 2.75) is 0 Å². The summed E-state index contributed by atoms with van der Waals surface area (Å²) in [6.07, 6.45) is 0. The van der Waals surface area contributed by atoms with Gasteiger partial charge in [-0.25, -0.2) is 48.7 Å². The Morgan fingerprint density at radius 2 is 0.944 bits per heavy atom. The largest absolute Gasteiger partial charge is 0.478 e. The lowest BCUT2D eigenvalue weighted by Crippen LogP contribution is -2.18. The second kappa shape index (κ2) is 7.83. The van der Waals surface area contributed by atoms with Crippen molar-refractivity contribution in [1.82, 2.24) is 30.1 Å². The molecule has 0 atom stereocenters. The Bertz CT molecular complexity index is 1750. The van der Waals surface area contributed by atoms with Crippen molar-refractivity contribution in [3.8, 4) is 0 Å². The maximum Gasteiger partial charge on any atom is 0.373 e. The number of hydrogen-bond donors (Lipinski definition) is 6. The number of rotatable bonds is 6. The molecule has 0 unspecified atom stereocenters. The van der Waals surface area contributed by atoms with Gasteiger partial charge in [-0.1, -0.05) is 0 Å². The van der Waals surface area contributed by atoms with Gasteiger partial charge in [0.15, 0.2) is 22.8 Å². The lowest BCUT2D eigenvalue weighted by molar-refractivity contribution is 0.0642. The first-order valence-electron chi connectivity index (χ1n) is 9.00. The van der Waals surface area contributed by atoms with E-state index in [1.165, 1.54) is 0 Å². The van der Waals surface area contributed by atoms with Gasteiger partial charge < -0.3 is 30.6 Å². The average molecular weight is 498 g/mol. The Labute approximate surface area is 193 Å². The molecule has 4 aromatic rings. The van der Waals surface area contributed by atoms with E-state index >= 15 is 0 Å². The van der Waals surface area contributed by atoms with E-state index in [-0.39, 0.29) is 0 Å². The van der Waals surface area contributed by atoms with E-state index in [0.717, 1.165) is 0 Å². The van der Waals surface area contributed by atoms with Crippen LogP contribution in [-0.2, 0) is 0 Å². The molecule has 0 aliphatic rings. The summed E-state index contributed by atoms with van der Waals surface area (Å²) >= 11 is 0. The van der Waals surface area contributed by atoms with Gasteiger partial charge >= 0.3 is 35.8 Å². The Hall–Kier alpha value is -5.94. The Morgan fingerprint density at radius 3 is 1.42 bits per heavy atom. The molecule has 36 heavy (non-hydrogen) atoms. The molecule has 0 aliphatic carbocycles. The molecule has 0 bridgehead atoms. The molecule has 0 saturated heterocycles. The van der Waals surface area contributed by atoms with Crippen LogP contribution in [0.1, 0.15) is 62.9 Å². The predicted molar refractivity (Wildman–Crippen MR) is 107 cm³/mol. The van der Waals surface area contributed by atoms with E-state index in [0.29, 0.717) is 0 Å². The lowest BCUT2D eigenvalue weighted by atomic mass is 10.00. The zero-order valence-corrected chi connectivity index (χ0v) is 16.8. The van der Waals surface area contributed by atoms with Crippen LogP contribution < -0.4 is 0 Å². The minimum Gasteiger partial charge on any atom is -0.478 e. The molecule has 0 saturated carbocycles. The molecule has 3 aromatic heterocycles. The van der Waals surface area contributed by atoms with Crippen molar-refractivity contribution in [2.24, 2.45) is 0 Å². The lowest BCUT2D eigenvalue weighted by Gasteiger charge is -2.13.